The molecule has 0 radical (unpaired) electrons. The minimum absolute atomic E-state index is 0.000293. The number of halogens is 5. The van der Waals surface area contributed by atoms with Crippen LogP contribution in [0.1, 0.15) is 11.4 Å². The molecule has 0 aliphatic rings. The number of nitrogens with two attached hydrogens (primary N) is 1. The number of hydrogen-bond donors (Lipinski definition) is 1. The van der Waals surface area contributed by atoms with Crippen molar-refractivity contribution < 1.29 is 18.0 Å². The summed E-state index contributed by atoms with van der Waals surface area (Å²) in [5.41, 5.74) is 4.25. The summed E-state index contributed by atoms with van der Waals surface area (Å²) >= 11 is 10.3. The Kier molecular flexibility index (Phi) is 4.11. The van der Waals surface area contributed by atoms with E-state index in [1.807, 2.05) is 0 Å². The van der Waals surface area contributed by atoms with Crippen molar-refractivity contribution >= 4 is 29.1 Å². The van der Waals surface area contributed by atoms with Crippen LogP contribution in [0.3, 0.4) is 0 Å². The summed E-state index contributed by atoms with van der Waals surface area (Å²) < 4.78 is 40.5. The number of rotatable bonds is 4. The van der Waals surface area contributed by atoms with E-state index in [2.05, 4.69) is 10.1 Å². The third kappa shape index (κ3) is 3.45. The molecule has 0 aliphatic heterocycles. The van der Waals surface area contributed by atoms with Gasteiger partial charge >= 0.3 is 5.38 Å². The van der Waals surface area contributed by atoms with Gasteiger partial charge in [-0.2, -0.15) is 13.9 Å². The molecule has 21 heavy (non-hydrogen) atoms. The second kappa shape index (κ2) is 5.53. The number of pyridine rings is 1. The quantitative estimate of drug-likeness (QED) is 0.687. The molecule has 0 aromatic carbocycles. The Morgan fingerprint density at radius 1 is 1.43 bits per heavy atom. The van der Waals surface area contributed by atoms with Crippen LogP contribution in [0.2, 0.25) is 5.15 Å². The topological polar surface area (TPSA) is 73.8 Å². The highest BCUT2D eigenvalue weighted by molar-refractivity contribution is 6.29. The van der Waals surface area contributed by atoms with E-state index in [4.69, 9.17) is 28.9 Å². The van der Waals surface area contributed by atoms with E-state index in [0.29, 0.717) is 0 Å². The summed E-state index contributed by atoms with van der Waals surface area (Å²) in [6, 6.07) is 1.84. The summed E-state index contributed by atoms with van der Waals surface area (Å²) in [6.07, 6.45) is 0.725. The average molecular weight is 339 g/mol. The van der Waals surface area contributed by atoms with Crippen molar-refractivity contribution in [1.29, 1.82) is 0 Å². The van der Waals surface area contributed by atoms with Crippen molar-refractivity contribution in [3.8, 4) is 5.69 Å². The Balaban J connectivity index is 2.56. The van der Waals surface area contributed by atoms with Crippen LogP contribution in [0.4, 0.5) is 13.2 Å². The molecule has 0 saturated carbocycles. The van der Waals surface area contributed by atoms with Gasteiger partial charge in [-0.25, -0.2) is 14.1 Å². The molecule has 0 spiro atoms. The molecule has 0 saturated heterocycles. The molecule has 0 aliphatic carbocycles. The molecule has 2 aromatic rings. The smallest absolute Gasteiger partial charge is 0.366 e. The predicted octanol–water partition coefficient (Wildman–Crippen LogP) is 2.38. The Morgan fingerprint density at radius 2 is 2.10 bits per heavy atom. The number of aromatic nitrogens is 3. The third-order valence-corrected chi connectivity index (χ3v) is 2.93. The normalized spacial score (nSPS) is 11.7. The number of carbonyl (C=O) groups excluding carboxylic acids is 1. The average Bonchev–Trinajstić information content (AvgIpc) is 2.75. The van der Waals surface area contributed by atoms with E-state index in [9.17, 15) is 18.0 Å². The van der Waals surface area contributed by atoms with E-state index in [0.717, 1.165) is 23.0 Å². The number of carbonyl (C=O) groups is 1. The van der Waals surface area contributed by atoms with Gasteiger partial charge in [-0.3, -0.25) is 4.79 Å². The third-order valence-electron chi connectivity index (χ3n) is 2.46. The van der Waals surface area contributed by atoms with E-state index in [1.54, 1.807) is 0 Å². The van der Waals surface area contributed by atoms with E-state index in [1.165, 1.54) is 0 Å². The first-order valence-electron chi connectivity index (χ1n) is 5.44. The van der Waals surface area contributed by atoms with E-state index < -0.39 is 22.8 Å². The second-order valence-electron chi connectivity index (χ2n) is 4.04. The lowest BCUT2D eigenvalue weighted by atomic mass is 10.2. The van der Waals surface area contributed by atoms with Crippen molar-refractivity contribution in [3.05, 3.63) is 40.7 Å². The summed E-state index contributed by atoms with van der Waals surface area (Å²) in [4.78, 5) is 14.5. The first-order chi connectivity index (χ1) is 9.68. The fourth-order valence-electron chi connectivity index (χ4n) is 1.61. The van der Waals surface area contributed by atoms with Gasteiger partial charge in [0.25, 0.3) is 0 Å². The summed E-state index contributed by atoms with van der Waals surface area (Å²) in [5, 5.41) is -0.571. The molecule has 0 bridgehead atoms. The fourth-order valence-corrected chi connectivity index (χ4v) is 1.81. The van der Waals surface area contributed by atoms with Gasteiger partial charge in [-0.15, -0.1) is 0 Å². The molecule has 2 aromatic heterocycles. The van der Waals surface area contributed by atoms with Gasteiger partial charge in [0, 0.05) is 6.07 Å². The van der Waals surface area contributed by atoms with Crippen molar-refractivity contribution in [3.63, 3.8) is 0 Å². The first-order valence-corrected chi connectivity index (χ1v) is 6.20. The van der Waals surface area contributed by atoms with Crippen LogP contribution in [-0.2, 0) is 16.6 Å². The molecule has 2 heterocycles. The number of hydrogen-bond acceptors (Lipinski definition) is 3. The van der Waals surface area contributed by atoms with Gasteiger partial charge in [0.1, 0.15) is 5.69 Å². The van der Waals surface area contributed by atoms with Crippen LogP contribution >= 0.6 is 23.2 Å². The van der Waals surface area contributed by atoms with Crippen molar-refractivity contribution in [2.45, 2.75) is 11.8 Å². The Morgan fingerprint density at radius 3 is 2.62 bits per heavy atom. The SMILES string of the molecule is NC(=O)Cc1cc(C(F)(F)Cl)nn1-c1cnc(Cl)c(F)c1. The highest BCUT2D eigenvalue weighted by atomic mass is 35.5. The highest BCUT2D eigenvalue weighted by Gasteiger charge is 2.32. The van der Waals surface area contributed by atoms with Crippen LogP contribution in [0.15, 0.2) is 18.3 Å². The standard InChI is InChI=1S/C11H7Cl2F3N4O/c12-10-7(14)1-6(4-18-10)20-5(3-9(17)21)2-8(19-20)11(13,15)16/h1-2,4H,3H2,(H2,17,21). The molecule has 2 rings (SSSR count). The highest BCUT2D eigenvalue weighted by Crippen LogP contribution is 2.32. The first kappa shape index (κ1) is 15.6. The minimum atomic E-state index is -3.74. The van der Waals surface area contributed by atoms with Gasteiger partial charge in [-0.1, -0.05) is 11.6 Å². The number of amides is 1. The number of nitrogens with zero attached hydrogens (tertiary/aromatic N) is 3. The van der Waals surface area contributed by atoms with Crippen molar-refractivity contribution in [1.82, 2.24) is 14.8 Å². The zero-order valence-electron chi connectivity index (χ0n) is 10.2. The molecule has 1 amide bonds. The molecule has 0 atom stereocenters. The summed E-state index contributed by atoms with van der Waals surface area (Å²) in [6.45, 7) is 0. The molecule has 112 valence electrons. The van der Waals surface area contributed by atoms with E-state index >= 15 is 0 Å². The van der Waals surface area contributed by atoms with Gasteiger partial charge < -0.3 is 5.73 Å². The largest absolute Gasteiger partial charge is 0.369 e. The van der Waals surface area contributed by atoms with Crippen LogP contribution in [0.5, 0.6) is 0 Å². The van der Waals surface area contributed by atoms with Crippen LogP contribution < -0.4 is 5.73 Å². The van der Waals surface area contributed by atoms with Gasteiger partial charge in [-0.05, 0) is 17.7 Å². The molecule has 2 N–H and O–H groups in total. The second-order valence-corrected chi connectivity index (χ2v) is 4.87. The molecule has 0 fully saturated rings. The van der Waals surface area contributed by atoms with E-state index in [-0.39, 0.29) is 23.0 Å². The van der Waals surface area contributed by atoms with Crippen molar-refractivity contribution in [2.75, 3.05) is 0 Å². The van der Waals surface area contributed by atoms with Crippen LogP contribution in [0, 0.1) is 5.82 Å². The Labute approximate surface area is 126 Å². The van der Waals surface area contributed by atoms with Crippen molar-refractivity contribution in [2.24, 2.45) is 5.73 Å². The number of alkyl halides is 3. The van der Waals surface area contributed by atoms with Gasteiger partial charge in [0.15, 0.2) is 11.0 Å². The summed E-state index contributed by atoms with van der Waals surface area (Å²) in [5.74, 6) is -1.64. The lowest BCUT2D eigenvalue weighted by Gasteiger charge is -2.06. The monoisotopic (exact) mass is 338 g/mol. The Hall–Kier alpha value is -1.80. The summed E-state index contributed by atoms with van der Waals surface area (Å²) in [7, 11) is 0. The maximum Gasteiger partial charge on any atom is 0.366 e. The molecular weight excluding hydrogens is 332 g/mol. The minimum Gasteiger partial charge on any atom is -0.369 e. The molecule has 5 nitrogen and oxygen atoms in total. The lowest BCUT2D eigenvalue weighted by Crippen LogP contribution is -2.16. The zero-order valence-corrected chi connectivity index (χ0v) is 11.7. The van der Waals surface area contributed by atoms with Crippen LogP contribution in [0.25, 0.3) is 5.69 Å². The Bertz CT molecular complexity index is 699. The number of primary amides is 1. The fraction of sp³-hybridized carbons (Fsp3) is 0.182. The molecular formula is C11H7Cl2F3N4O. The predicted molar refractivity (Wildman–Crippen MR) is 69.0 cm³/mol. The molecule has 10 heteroatoms. The van der Waals surface area contributed by atoms with Crippen LogP contribution in [-0.4, -0.2) is 20.7 Å². The van der Waals surface area contributed by atoms with Gasteiger partial charge in [0.05, 0.1) is 24.0 Å². The van der Waals surface area contributed by atoms with Gasteiger partial charge in [0.2, 0.25) is 5.91 Å². The molecule has 0 unspecified atom stereocenters. The zero-order chi connectivity index (χ0) is 15.8. The maximum absolute atomic E-state index is 13.4. The lowest BCUT2D eigenvalue weighted by molar-refractivity contribution is -0.117. The maximum atomic E-state index is 13.4.